The van der Waals surface area contributed by atoms with Crippen LogP contribution in [0.2, 0.25) is 0 Å². The lowest BCUT2D eigenvalue weighted by molar-refractivity contribution is -0.134. The first-order valence-electron chi connectivity index (χ1n) is 4.78. The maximum absolute atomic E-state index is 11.6. The minimum absolute atomic E-state index is 0.00118. The number of nitrogens with two attached hydrogens (primary N) is 1. The highest BCUT2D eigenvalue weighted by Gasteiger charge is 2.32. The molecular weight excluding hydrogens is 220 g/mol. The molecule has 0 aromatic heterocycles. The summed E-state index contributed by atoms with van der Waals surface area (Å²) in [5.74, 6) is -2.09. The molecule has 2 atom stereocenters. The van der Waals surface area contributed by atoms with E-state index < -0.39 is 21.7 Å². The van der Waals surface area contributed by atoms with Gasteiger partial charge in [-0.3, -0.25) is 4.79 Å². The summed E-state index contributed by atoms with van der Waals surface area (Å²) in [7, 11) is -3.66. The molecule has 0 aromatic rings. The van der Waals surface area contributed by atoms with Gasteiger partial charge in [0.1, 0.15) is 0 Å². The van der Waals surface area contributed by atoms with Crippen molar-refractivity contribution in [2.45, 2.75) is 19.4 Å². The number of hydrogen-bond donors (Lipinski definition) is 2. The number of piperidine rings is 1. The highest BCUT2D eigenvalue weighted by Crippen LogP contribution is 2.17. The summed E-state index contributed by atoms with van der Waals surface area (Å²) in [6.45, 7) is 2.50. The van der Waals surface area contributed by atoms with Crippen LogP contribution in [-0.4, -0.2) is 48.7 Å². The Bertz CT molecular complexity index is 341. The van der Waals surface area contributed by atoms with Crippen molar-refractivity contribution in [2.75, 3.05) is 18.8 Å². The minimum atomic E-state index is -3.66. The molecule has 7 heteroatoms. The number of rotatable bonds is 3. The van der Waals surface area contributed by atoms with Crippen LogP contribution >= 0.6 is 0 Å². The lowest BCUT2D eigenvalue weighted by atomic mass is 9.96. The van der Waals surface area contributed by atoms with Crippen LogP contribution in [0.4, 0.5) is 0 Å². The second-order valence-electron chi connectivity index (χ2n) is 3.94. The number of aliphatic carboxylic acids is 1. The van der Waals surface area contributed by atoms with Crippen molar-refractivity contribution in [1.82, 2.24) is 4.31 Å². The summed E-state index contributed by atoms with van der Waals surface area (Å²) < 4.78 is 24.3. The zero-order chi connectivity index (χ0) is 11.6. The Hall–Kier alpha value is -0.660. The lowest BCUT2D eigenvalue weighted by Gasteiger charge is -2.33. The van der Waals surface area contributed by atoms with Crippen LogP contribution in [0.15, 0.2) is 0 Å². The van der Waals surface area contributed by atoms with Crippen molar-refractivity contribution >= 4 is 16.0 Å². The molecule has 6 nitrogen and oxygen atoms in total. The Kier molecular flexibility index (Phi) is 3.69. The Balaban J connectivity index is 2.69. The monoisotopic (exact) mass is 236 g/mol. The quantitative estimate of drug-likeness (QED) is 0.659. The molecule has 3 N–H and O–H groups in total. The average molecular weight is 236 g/mol. The third kappa shape index (κ3) is 3.15. The summed E-state index contributed by atoms with van der Waals surface area (Å²) in [5, 5.41) is 8.47. The van der Waals surface area contributed by atoms with Crippen LogP contribution in [0.5, 0.6) is 0 Å². The van der Waals surface area contributed by atoms with Crippen molar-refractivity contribution in [1.29, 1.82) is 0 Å². The number of carbonyl (C=O) groups is 1. The van der Waals surface area contributed by atoms with Crippen molar-refractivity contribution in [2.24, 2.45) is 11.7 Å². The fourth-order valence-electron chi connectivity index (χ4n) is 1.63. The van der Waals surface area contributed by atoms with Gasteiger partial charge in [-0.2, -0.15) is 0 Å². The summed E-state index contributed by atoms with van der Waals surface area (Å²) in [5.41, 5.74) is 5.75. The first-order chi connectivity index (χ1) is 6.83. The lowest BCUT2D eigenvalue weighted by Crippen LogP contribution is -2.49. The third-order valence-corrected chi connectivity index (χ3v) is 4.36. The van der Waals surface area contributed by atoms with E-state index in [1.54, 1.807) is 0 Å². The van der Waals surface area contributed by atoms with Crippen LogP contribution in [-0.2, 0) is 14.8 Å². The SMILES string of the molecule is CC1CN(S(=O)(=O)CC(=O)O)CCC1N. The van der Waals surface area contributed by atoms with Crippen molar-refractivity contribution in [3.63, 3.8) is 0 Å². The smallest absolute Gasteiger partial charge is 0.320 e. The molecule has 1 rings (SSSR count). The van der Waals surface area contributed by atoms with E-state index in [2.05, 4.69) is 0 Å². The molecule has 1 aliphatic rings. The fourth-order valence-corrected chi connectivity index (χ4v) is 2.97. The molecule has 1 saturated heterocycles. The summed E-state index contributed by atoms with van der Waals surface area (Å²) in [6.07, 6.45) is 0.583. The van der Waals surface area contributed by atoms with Gasteiger partial charge in [0.2, 0.25) is 10.0 Å². The van der Waals surface area contributed by atoms with Crippen LogP contribution in [0.3, 0.4) is 0 Å². The fraction of sp³-hybridized carbons (Fsp3) is 0.875. The van der Waals surface area contributed by atoms with E-state index in [1.807, 2.05) is 6.92 Å². The molecule has 0 radical (unpaired) electrons. The third-order valence-electron chi connectivity index (χ3n) is 2.63. The van der Waals surface area contributed by atoms with Crippen molar-refractivity contribution < 1.29 is 18.3 Å². The average Bonchev–Trinajstić information content (AvgIpc) is 2.07. The predicted octanol–water partition coefficient (Wildman–Crippen LogP) is -0.930. The number of carboxylic acids is 1. The number of carboxylic acid groups (broad SMARTS) is 1. The van der Waals surface area contributed by atoms with Gasteiger partial charge in [-0.25, -0.2) is 12.7 Å². The molecule has 1 heterocycles. The largest absolute Gasteiger partial charge is 0.480 e. The molecule has 0 bridgehead atoms. The van der Waals surface area contributed by atoms with E-state index in [0.717, 1.165) is 0 Å². The normalized spacial score (nSPS) is 28.9. The zero-order valence-electron chi connectivity index (χ0n) is 8.59. The van der Waals surface area contributed by atoms with E-state index in [1.165, 1.54) is 4.31 Å². The van der Waals surface area contributed by atoms with Gasteiger partial charge in [-0.1, -0.05) is 6.92 Å². The van der Waals surface area contributed by atoms with E-state index in [4.69, 9.17) is 10.8 Å². The predicted molar refractivity (Wildman–Crippen MR) is 54.8 cm³/mol. The maximum Gasteiger partial charge on any atom is 0.320 e. The van der Waals surface area contributed by atoms with Crippen LogP contribution in [0.25, 0.3) is 0 Å². The maximum atomic E-state index is 11.6. The molecule has 0 amide bonds. The van der Waals surface area contributed by atoms with Crippen LogP contribution in [0, 0.1) is 5.92 Å². The summed E-state index contributed by atoms with van der Waals surface area (Å²) in [6, 6.07) is 0.00118. The molecule has 2 unspecified atom stereocenters. The van der Waals surface area contributed by atoms with Crippen LogP contribution < -0.4 is 5.73 Å². The molecule has 0 spiro atoms. The Morgan fingerprint density at radius 2 is 2.20 bits per heavy atom. The number of sulfonamides is 1. The first-order valence-corrected chi connectivity index (χ1v) is 6.39. The molecule has 0 aliphatic carbocycles. The molecular formula is C8H16N2O4S. The highest BCUT2D eigenvalue weighted by atomic mass is 32.2. The Morgan fingerprint density at radius 1 is 1.60 bits per heavy atom. The standard InChI is InChI=1S/C8H16N2O4S/c1-6-4-10(3-2-7(6)9)15(13,14)5-8(11)12/h6-7H,2-5,9H2,1H3,(H,11,12). The van der Waals surface area contributed by atoms with Gasteiger partial charge in [0.05, 0.1) is 0 Å². The molecule has 0 aromatic carbocycles. The van der Waals surface area contributed by atoms with Gasteiger partial charge < -0.3 is 10.8 Å². The van der Waals surface area contributed by atoms with Crippen LogP contribution in [0.1, 0.15) is 13.3 Å². The van der Waals surface area contributed by atoms with E-state index in [9.17, 15) is 13.2 Å². The van der Waals surface area contributed by atoms with E-state index in [-0.39, 0.29) is 12.0 Å². The van der Waals surface area contributed by atoms with Crippen molar-refractivity contribution in [3.05, 3.63) is 0 Å². The molecule has 1 aliphatic heterocycles. The molecule has 15 heavy (non-hydrogen) atoms. The van der Waals surface area contributed by atoms with E-state index in [0.29, 0.717) is 19.5 Å². The minimum Gasteiger partial charge on any atom is -0.480 e. The number of nitrogens with zero attached hydrogens (tertiary/aromatic N) is 1. The van der Waals surface area contributed by atoms with Gasteiger partial charge in [0.25, 0.3) is 0 Å². The second-order valence-corrected chi connectivity index (χ2v) is 5.91. The molecule has 88 valence electrons. The first kappa shape index (κ1) is 12.4. The second kappa shape index (κ2) is 4.46. The Morgan fingerprint density at radius 3 is 2.67 bits per heavy atom. The Labute approximate surface area is 89.1 Å². The zero-order valence-corrected chi connectivity index (χ0v) is 9.40. The van der Waals surface area contributed by atoms with Gasteiger partial charge in [0.15, 0.2) is 5.75 Å². The summed E-state index contributed by atoms with van der Waals surface area (Å²) in [4.78, 5) is 10.4. The highest BCUT2D eigenvalue weighted by molar-refractivity contribution is 7.89. The van der Waals surface area contributed by atoms with E-state index >= 15 is 0 Å². The molecule has 1 fully saturated rings. The topological polar surface area (TPSA) is 101 Å². The van der Waals surface area contributed by atoms with Gasteiger partial charge in [-0.05, 0) is 12.3 Å². The van der Waals surface area contributed by atoms with Crippen molar-refractivity contribution in [3.8, 4) is 0 Å². The summed E-state index contributed by atoms with van der Waals surface area (Å²) >= 11 is 0. The van der Waals surface area contributed by atoms with Gasteiger partial charge in [-0.15, -0.1) is 0 Å². The van der Waals surface area contributed by atoms with Gasteiger partial charge in [0, 0.05) is 19.1 Å². The van der Waals surface area contributed by atoms with Gasteiger partial charge >= 0.3 is 5.97 Å². The molecule has 0 saturated carbocycles. The number of hydrogen-bond acceptors (Lipinski definition) is 4.